The molecule has 1 aromatic rings. The third-order valence-electron chi connectivity index (χ3n) is 3.14. The number of hydrogen-bond acceptors (Lipinski definition) is 2. The molecule has 1 saturated heterocycles. The molecule has 1 aliphatic heterocycles. The molecule has 1 fully saturated rings. The van der Waals surface area contributed by atoms with E-state index in [9.17, 15) is 4.39 Å². The van der Waals surface area contributed by atoms with Crippen molar-refractivity contribution in [3.05, 3.63) is 46.2 Å². The second-order valence-electron chi connectivity index (χ2n) is 4.22. The fraction of sp³-hybridized carbons (Fsp3) is 0.385. The topological polar surface area (TPSA) is 15.3 Å². The van der Waals surface area contributed by atoms with E-state index in [4.69, 9.17) is 23.2 Å². The zero-order valence-electron chi connectivity index (χ0n) is 9.93. The summed E-state index contributed by atoms with van der Waals surface area (Å²) in [4.78, 5) is 2.14. The van der Waals surface area contributed by atoms with Crippen LogP contribution in [0.1, 0.15) is 11.6 Å². The first-order valence-corrected chi connectivity index (χ1v) is 6.61. The highest BCUT2D eigenvalue weighted by molar-refractivity contribution is 6.33. The first-order chi connectivity index (χ1) is 8.65. The number of halogens is 3. The van der Waals surface area contributed by atoms with Gasteiger partial charge in [0.15, 0.2) is 0 Å². The number of nitrogens with one attached hydrogen (secondary N) is 1. The van der Waals surface area contributed by atoms with Gasteiger partial charge in [-0.2, -0.15) is 0 Å². The molecular weight excluding hydrogens is 274 g/mol. The fourth-order valence-corrected chi connectivity index (χ4v) is 2.65. The Morgan fingerprint density at radius 1 is 1.28 bits per heavy atom. The van der Waals surface area contributed by atoms with Gasteiger partial charge >= 0.3 is 0 Å². The van der Waals surface area contributed by atoms with Crippen molar-refractivity contribution in [3.63, 3.8) is 0 Å². The Hall–Kier alpha value is -0.610. The Kier molecular flexibility index (Phi) is 4.62. The van der Waals surface area contributed by atoms with Gasteiger partial charge in [-0.25, -0.2) is 4.39 Å². The molecular formula is C13H15Cl2FN2. The van der Waals surface area contributed by atoms with Crippen molar-refractivity contribution in [2.45, 2.75) is 6.04 Å². The van der Waals surface area contributed by atoms with Crippen LogP contribution in [-0.2, 0) is 0 Å². The molecule has 0 saturated carbocycles. The predicted molar refractivity (Wildman–Crippen MR) is 73.8 cm³/mol. The standard InChI is InChI=1S/C13H15Cl2FN2/c1-2-11(18-7-5-17-6-8-18)12-9(14)3-4-10(15)13(12)16/h2-4,11,17H,1,5-8H2/t11-/m1/s1. The van der Waals surface area contributed by atoms with Crippen LogP contribution >= 0.6 is 23.2 Å². The highest BCUT2D eigenvalue weighted by Gasteiger charge is 2.25. The maximum atomic E-state index is 14.1. The minimum absolute atomic E-state index is 0.0939. The molecule has 18 heavy (non-hydrogen) atoms. The molecule has 0 unspecified atom stereocenters. The van der Waals surface area contributed by atoms with Gasteiger partial charge in [0.2, 0.25) is 0 Å². The van der Waals surface area contributed by atoms with Gasteiger partial charge in [-0.1, -0.05) is 29.3 Å². The minimum atomic E-state index is -0.451. The lowest BCUT2D eigenvalue weighted by molar-refractivity contribution is 0.200. The summed E-state index contributed by atoms with van der Waals surface area (Å²) in [5.74, 6) is -0.451. The Morgan fingerprint density at radius 3 is 2.50 bits per heavy atom. The molecule has 1 aromatic carbocycles. The largest absolute Gasteiger partial charge is 0.314 e. The highest BCUT2D eigenvalue weighted by Crippen LogP contribution is 2.34. The van der Waals surface area contributed by atoms with Crippen molar-refractivity contribution < 1.29 is 4.39 Å². The van der Waals surface area contributed by atoms with Crippen LogP contribution in [0.2, 0.25) is 10.0 Å². The molecule has 1 heterocycles. The van der Waals surface area contributed by atoms with E-state index in [-0.39, 0.29) is 11.1 Å². The Labute approximate surface area is 116 Å². The van der Waals surface area contributed by atoms with Crippen LogP contribution in [0.25, 0.3) is 0 Å². The lowest BCUT2D eigenvalue weighted by Gasteiger charge is -2.34. The first-order valence-electron chi connectivity index (χ1n) is 5.86. The number of rotatable bonds is 3. The van der Waals surface area contributed by atoms with Crippen LogP contribution < -0.4 is 5.32 Å². The lowest BCUT2D eigenvalue weighted by Crippen LogP contribution is -2.44. The van der Waals surface area contributed by atoms with E-state index in [1.165, 1.54) is 6.07 Å². The van der Waals surface area contributed by atoms with E-state index in [0.717, 1.165) is 26.2 Å². The zero-order valence-corrected chi connectivity index (χ0v) is 11.4. The van der Waals surface area contributed by atoms with Gasteiger partial charge in [0.1, 0.15) is 5.82 Å². The van der Waals surface area contributed by atoms with Crippen molar-refractivity contribution in [3.8, 4) is 0 Å². The van der Waals surface area contributed by atoms with Gasteiger partial charge in [0.05, 0.1) is 11.1 Å². The van der Waals surface area contributed by atoms with Crippen LogP contribution in [0, 0.1) is 5.82 Å². The van der Waals surface area contributed by atoms with E-state index in [0.29, 0.717) is 10.6 Å². The quantitative estimate of drug-likeness (QED) is 0.678. The molecule has 0 amide bonds. The van der Waals surface area contributed by atoms with Gasteiger partial charge < -0.3 is 5.32 Å². The van der Waals surface area contributed by atoms with Gasteiger partial charge in [0.25, 0.3) is 0 Å². The summed E-state index contributed by atoms with van der Waals surface area (Å²) in [5, 5.41) is 3.74. The van der Waals surface area contributed by atoms with E-state index in [2.05, 4.69) is 16.8 Å². The SMILES string of the molecule is C=C[C@H](c1c(Cl)ccc(Cl)c1F)N1CCNCC1. The lowest BCUT2D eigenvalue weighted by atomic mass is 10.0. The Bertz CT molecular complexity index is 445. The molecule has 2 nitrogen and oxygen atoms in total. The van der Waals surface area contributed by atoms with Gasteiger partial charge in [-0.05, 0) is 12.1 Å². The van der Waals surface area contributed by atoms with Crippen LogP contribution in [0.3, 0.4) is 0 Å². The zero-order chi connectivity index (χ0) is 13.1. The van der Waals surface area contributed by atoms with Gasteiger partial charge in [0, 0.05) is 36.8 Å². The molecule has 0 radical (unpaired) electrons. The highest BCUT2D eigenvalue weighted by atomic mass is 35.5. The number of nitrogens with zero attached hydrogens (tertiary/aromatic N) is 1. The summed E-state index contributed by atoms with van der Waals surface area (Å²) in [6.45, 7) is 7.22. The van der Waals surface area contributed by atoms with E-state index in [1.807, 2.05) is 0 Å². The molecule has 0 bridgehead atoms. The van der Waals surface area contributed by atoms with E-state index < -0.39 is 5.82 Å². The molecule has 2 rings (SSSR count). The first kappa shape index (κ1) is 13.8. The Morgan fingerprint density at radius 2 is 1.89 bits per heavy atom. The van der Waals surface area contributed by atoms with Gasteiger partial charge in [-0.15, -0.1) is 6.58 Å². The smallest absolute Gasteiger partial charge is 0.148 e. The van der Waals surface area contributed by atoms with Crippen molar-refractivity contribution in [1.82, 2.24) is 10.2 Å². The third kappa shape index (κ3) is 2.69. The molecule has 0 aliphatic carbocycles. The molecule has 1 aliphatic rings. The van der Waals surface area contributed by atoms with E-state index in [1.54, 1.807) is 12.1 Å². The average Bonchev–Trinajstić information content (AvgIpc) is 2.40. The van der Waals surface area contributed by atoms with Crippen molar-refractivity contribution in [2.24, 2.45) is 0 Å². The third-order valence-corrected chi connectivity index (χ3v) is 3.76. The maximum absolute atomic E-state index is 14.1. The summed E-state index contributed by atoms with van der Waals surface area (Å²) in [7, 11) is 0. The summed E-state index contributed by atoms with van der Waals surface area (Å²) in [6, 6.07) is 2.86. The second kappa shape index (κ2) is 6.02. The van der Waals surface area contributed by atoms with E-state index >= 15 is 0 Å². The number of hydrogen-bond donors (Lipinski definition) is 1. The average molecular weight is 289 g/mol. The monoisotopic (exact) mass is 288 g/mol. The van der Waals surface area contributed by atoms with Crippen molar-refractivity contribution >= 4 is 23.2 Å². The normalized spacial score (nSPS) is 18.6. The van der Waals surface area contributed by atoms with Gasteiger partial charge in [-0.3, -0.25) is 4.90 Å². The fourth-order valence-electron chi connectivity index (χ4n) is 2.22. The summed E-state index contributed by atoms with van der Waals surface area (Å²) in [5.41, 5.74) is 0.418. The molecule has 98 valence electrons. The molecule has 5 heteroatoms. The van der Waals surface area contributed by atoms with Crippen LogP contribution in [0.5, 0.6) is 0 Å². The number of piperazine rings is 1. The molecule has 1 atom stereocenters. The van der Waals surface area contributed by atoms with Crippen LogP contribution in [0.15, 0.2) is 24.8 Å². The predicted octanol–water partition coefficient (Wildman–Crippen LogP) is 3.26. The summed E-state index contributed by atoms with van der Waals surface area (Å²) < 4.78 is 14.1. The summed E-state index contributed by atoms with van der Waals surface area (Å²) >= 11 is 11.9. The molecule has 0 spiro atoms. The molecule has 1 N–H and O–H groups in total. The summed E-state index contributed by atoms with van der Waals surface area (Å²) in [6.07, 6.45) is 1.71. The van der Waals surface area contributed by atoms with Crippen LogP contribution in [-0.4, -0.2) is 31.1 Å². The second-order valence-corrected chi connectivity index (χ2v) is 5.04. The Balaban J connectivity index is 2.37. The van der Waals surface area contributed by atoms with Crippen LogP contribution in [0.4, 0.5) is 4.39 Å². The number of benzene rings is 1. The van der Waals surface area contributed by atoms with Crippen molar-refractivity contribution in [2.75, 3.05) is 26.2 Å². The maximum Gasteiger partial charge on any atom is 0.148 e. The molecule has 0 aromatic heterocycles. The minimum Gasteiger partial charge on any atom is -0.314 e. The van der Waals surface area contributed by atoms with Crippen molar-refractivity contribution in [1.29, 1.82) is 0 Å².